The van der Waals surface area contributed by atoms with E-state index in [0.29, 0.717) is 17.9 Å². The van der Waals surface area contributed by atoms with Crippen molar-refractivity contribution in [2.24, 2.45) is 5.92 Å². The molecule has 2 aromatic heterocycles. The molecule has 0 bridgehead atoms. The summed E-state index contributed by atoms with van der Waals surface area (Å²) in [5.41, 5.74) is 0. The van der Waals surface area contributed by atoms with Crippen LogP contribution in [0, 0.1) is 5.92 Å². The third-order valence-corrected chi connectivity index (χ3v) is 6.70. The third kappa shape index (κ3) is 3.23. The number of hydrogen-bond acceptors (Lipinski definition) is 7. The van der Waals surface area contributed by atoms with Crippen molar-refractivity contribution in [3.05, 3.63) is 11.7 Å². The number of thioether (sulfide) groups is 1. The van der Waals surface area contributed by atoms with Gasteiger partial charge in [0, 0.05) is 25.0 Å². The van der Waals surface area contributed by atoms with Crippen LogP contribution in [0.5, 0.6) is 0 Å². The first kappa shape index (κ1) is 16.6. The zero-order valence-electron chi connectivity index (χ0n) is 15.5. The van der Waals surface area contributed by atoms with Crippen LogP contribution in [0.4, 0.5) is 5.95 Å². The van der Waals surface area contributed by atoms with Crippen LogP contribution in [-0.2, 0) is 0 Å². The van der Waals surface area contributed by atoms with Crippen molar-refractivity contribution in [3.63, 3.8) is 0 Å². The van der Waals surface area contributed by atoms with Gasteiger partial charge in [0.1, 0.15) is 0 Å². The van der Waals surface area contributed by atoms with E-state index in [0.717, 1.165) is 35.9 Å². The lowest BCUT2D eigenvalue weighted by molar-refractivity contribution is 0.374. The molecule has 0 aromatic carbocycles. The highest BCUT2D eigenvalue weighted by atomic mass is 32.2. The molecule has 0 spiro atoms. The van der Waals surface area contributed by atoms with Gasteiger partial charge in [-0.3, -0.25) is 4.57 Å². The van der Waals surface area contributed by atoms with Gasteiger partial charge in [0.2, 0.25) is 11.8 Å². The molecule has 0 radical (unpaired) electrons. The van der Waals surface area contributed by atoms with Gasteiger partial charge in [0.05, 0.1) is 5.25 Å². The van der Waals surface area contributed by atoms with Gasteiger partial charge in [-0.1, -0.05) is 23.8 Å². The van der Waals surface area contributed by atoms with E-state index in [1.54, 1.807) is 11.8 Å². The molecule has 3 heterocycles. The molecule has 1 aliphatic heterocycles. The predicted octanol–water partition coefficient (Wildman–Crippen LogP) is 3.96. The Balaban J connectivity index is 1.35. The van der Waals surface area contributed by atoms with E-state index in [4.69, 9.17) is 4.52 Å². The number of hydrogen-bond donors (Lipinski definition) is 0. The largest absolute Gasteiger partial charge is 0.341 e. The minimum Gasteiger partial charge on any atom is -0.341 e. The second-order valence-corrected chi connectivity index (χ2v) is 9.39. The predicted molar refractivity (Wildman–Crippen MR) is 99.4 cm³/mol. The van der Waals surface area contributed by atoms with E-state index in [-0.39, 0.29) is 5.25 Å². The Morgan fingerprint density at radius 2 is 1.85 bits per heavy atom. The number of rotatable bonds is 6. The Bertz CT molecular complexity index is 772. The molecular formula is C18H26N6OS. The molecule has 0 amide bonds. The molecule has 8 heteroatoms. The second kappa shape index (κ2) is 6.55. The van der Waals surface area contributed by atoms with Crippen LogP contribution in [0.3, 0.4) is 0 Å². The molecule has 5 rings (SSSR count). The number of nitrogens with zero attached hydrogens (tertiary/aromatic N) is 6. The summed E-state index contributed by atoms with van der Waals surface area (Å²) >= 11 is 1.69. The zero-order valence-corrected chi connectivity index (χ0v) is 16.3. The Morgan fingerprint density at radius 1 is 1.08 bits per heavy atom. The van der Waals surface area contributed by atoms with Crippen LogP contribution in [0.1, 0.15) is 81.3 Å². The van der Waals surface area contributed by atoms with Crippen molar-refractivity contribution in [1.29, 1.82) is 0 Å². The molecule has 2 aromatic rings. The summed E-state index contributed by atoms with van der Waals surface area (Å²) in [6, 6.07) is 0.554. The fourth-order valence-electron chi connectivity index (χ4n) is 3.55. The van der Waals surface area contributed by atoms with Crippen molar-refractivity contribution >= 4 is 17.7 Å². The summed E-state index contributed by atoms with van der Waals surface area (Å²) in [4.78, 5) is 7.01. The summed E-state index contributed by atoms with van der Waals surface area (Å²) < 4.78 is 7.86. The highest BCUT2D eigenvalue weighted by molar-refractivity contribution is 7.99. The highest BCUT2D eigenvalue weighted by Crippen LogP contribution is 2.44. The molecule has 140 valence electrons. The Kier molecular flexibility index (Phi) is 4.18. The van der Waals surface area contributed by atoms with Gasteiger partial charge in [-0.2, -0.15) is 4.98 Å². The smallest absolute Gasteiger partial charge is 0.239 e. The lowest BCUT2D eigenvalue weighted by atomic mass is 10.00. The van der Waals surface area contributed by atoms with E-state index in [1.165, 1.54) is 38.5 Å². The zero-order chi connectivity index (χ0) is 17.7. The summed E-state index contributed by atoms with van der Waals surface area (Å²) in [6.45, 7) is 6.62. The number of aromatic nitrogens is 5. The van der Waals surface area contributed by atoms with E-state index in [1.807, 2.05) is 0 Å². The van der Waals surface area contributed by atoms with E-state index in [9.17, 15) is 0 Å². The van der Waals surface area contributed by atoms with Crippen molar-refractivity contribution in [2.75, 3.05) is 18.0 Å². The molecule has 1 atom stereocenters. The number of anilines is 1. The van der Waals surface area contributed by atoms with Crippen molar-refractivity contribution in [3.8, 4) is 0 Å². The SMILES string of the molecule is CC1CCN(c2nnc(SC(C)c3nc(C4CC4)no3)n2C2CC2)CC1. The summed E-state index contributed by atoms with van der Waals surface area (Å²) in [5, 5.41) is 14.3. The van der Waals surface area contributed by atoms with Crippen LogP contribution < -0.4 is 4.90 Å². The van der Waals surface area contributed by atoms with Crippen LogP contribution in [0.25, 0.3) is 0 Å². The topological polar surface area (TPSA) is 72.9 Å². The Labute approximate surface area is 157 Å². The quantitative estimate of drug-likeness (QED) is 0.709. The van der Waals surface area contributed by atoms with Gasteiger partial charge < -0.3 is 9.42 Å². The van der Waals surface area contributed by atoms with Crippen molar-refractivity contribution in [2.45, 2.75) is 74.7 Å². The normalized spacial score (nSPS) is 22.8. The molecule has 0 N–H and O–H groups in total. The Morgan fingerprint density at radius 3 is 2.54 bits per heavy atom. The van der Waals surface area contributed by atoms with Gasteiger partial charge in [0.15, 0.2) is 11.0 Å². The molecule has 1 saturated heterocycles. The summed E-state index contributed by atoms with van der Waals surface area (Å²) in [7, 11) is 0. The molecule has 7 nitrogen and oxygen atoms in total. The van der Waals surface area contributed by atoms with E-state index < -0.39 is 0 Å². The number of piperidine rings is 1. The van der Waals surface area contributed by atoms with Gasteiger partial charge in [-0.15, -0.1) is 10.2 Å². The minimum atomic E-state index is 0.0888. The van der Waals surface area contributed by atoms with Crippen LogP contribution >= 0.6 is 11.8 Å². The molecule has 2 aliphatic carbocycles. The monoisotopic (exact) mass is 374 g/mol. The van der Waals surface area contributed by atoms with Crippen LogP contribution in [-0.4, -0.2) is 38.0 Å². The maximum atomic E-state index is 5.50. The van der Waals surface area contributed by atoms with Gasteiger partial charge in [0.25, 0.3) is 0 Å². The second-order valence-electron chi connectivity index (χ2n) is 8.08. The van der Waals surface area contributed by atoms with Crippen molar-refractivity contribution < 1.29 is 4.52 Å². The first-order valence-electron chi connectivity index (χ1n) is 9.89. The van der Waals surface area contributed by atoms with Gasteiger partial charge in [-0.25, -0.2) is 0 Å². The fraction of sp³-hybridized carbons (Fsp3) is 0.778. The average Bonchev–Trinajstić information content (AvgIpc) is 3.58. The summed E-state index contributed by atoms with van der Waals surface area (Å²) in [6.07, 6.45) is 7.31. The Hall–Kier alpha value is -1.57. The lowest BCUT2D eigenvalue weighted by Crippen LogP contribution is -2.34. The molecule has 3 fully saturated rings. The molecule has 2 saturated carbocycles. The lowest BCUT2D eigenvalue weighted by Gasteiger charge is -2.31. The van der Waals surface area contributed by atoms with Crippen LogP contribution in [0.2, 0.25) is 0 Å². The fourth-order valence-corrected chi connectivity index (χ4v) is 4.50. The first-order chi connectivity index (χ1) is 12.7. The van der Waals surface area contributed by atoms with E-state index in [2.05, 4.69) is 43.7 Å². The molecule has 1 unspecified atom stereocenters. The minimum absolute atomic E-state index is 0.0888. The van der Waals surface area contributed by atoms with Gasteiger partial charge >= 0.3 is 0 Å². The first-order valence-corrected chi connectivity index (χ1v) is 10.8. The highest BCUT2D eigenvalue weighted by Gasteiger charge is 2.34. The van der Waals surface area contributed by atoms with E-state index >= 15 is 0 Å². The maximum Gasteiger partial charge on any atom is 0.239 e. The molecule has 26 heavy (non-hydrogen) atoms. The molecular weight excluding hydrogens is 348 g/mol. The molecule has 3 aliphatic rings. The third-order valence-electron chi connectivity index (χ3n) is 5.65. The van der Waals surface area contributed by atoms with Gasteiger partial charge in [-0.05, 0) is 51.4 Å². The van der Waals surface area contributed by atoms with Crippen LogP contribution in [0.15, 0.2) is 9.68 Å². The average molecular weight is 375 g/mol. The maximum absolute atomic E-state index is 5.50. The standard InChI is InChI=1S/C18H26N6OS/c1-11-7-9-23(10-8-11)17-20-21-18(24(17)14-5-6-14)26-12(2)16-19-15(22-25-16)13-3-4-13/h11-14H,3-10H2,1-2H3. The van der Waals surface area contributed by atoms with Crippen molar-refractivity contribution in [1.82, 2.24) is 24.9 Å². The summed E-state index contributed by atoms with van der Waals surface area (Å²) in [5.74, 6) is 3.97.